The van der Waals surface area contributed by atoms with E-state index in [1.807, 2.05) is 54.6 Å². The van der Waals surface area contributed by atoms with Gasteiger partial charge in [-0.1, -0.05) is 54.6 Å². The molecule has 19 heteroatoms. The fourth-order valence-electron chi connectivity index (χ4n) is 5.41. The van der Waals surface area contributed by atoms with Crippen molar-refractivity contribution in [1.29, 1.82) is 10.5 Å². The van der Waals surface area contributed by atoms with Crippen LogP contribution >= 0.6 is 0 Å². The average Bonchev–Trinajstić information content (AvgIpc) is 3.72. The lowest BCUT2D eigenvalue weighted by atomic mass is 9.93. The fraction of sp³-hybridized carbons (Fsp3) is 0.364. The Kier molecular flexibility index (Phi) is 12.1. The van der Waals surface area contributed by atoms with Gasteiger partial charge in [0, 0.05) is 13.0 Å². The molecular formula is C33H32N8O11. The Morgan fingerprint density at radius 3 is 2.10 bits per heavy atom. The van der Waals surface area contributed by atoms with Gasteiger partial charge < -0.3 is 34.3 Å². The summed E-state index contributed by atoms with van der Waals surface area (Å²) in [5.74, 6) is -2.59. The number of carbonyl (C=O) groups excluding carboxylic acids is 3. The van der Waals surface area contributed by atoms with Crippen LogP contribution < -0.4 is 24.6 Å². The summed E-state index contributed by atoms with van der Waals surface area (Å²) in [4.78, 5) is 41.9. The van der Waals surface area contributed by atoms with Gasteiger partial charge in [-0.2, -0.15) is 10.5 Å². The van der Waals surface area contributed by atoms with E-state index < -0.39 is 47.4 Å². The van der Waals surface area contributed by atoms with Gasteiger partial charge in [-0.05, 0) is 46.3 Å². The van der Waals surface area contributed by atoms with Gasteiger partial charge in [0.1, 0.15) is 38.5 Å². The van der Waals surface area contributed by atoms with Crippen LogP contribution in [-0.4, -0.2) is 77.6 Å². The molecule has 1 aliphatic rings. The van der Waals surface area contributed by atoms with Gasteiger partial charge >= 0.3 is 35.1 Å². The predicted octanol–water partition coefficient (Wildman–Crippen LogP) is 0.150. The minimum absolute atomic E-state index is 0.0951. The third-order valence-electron chi connectivity index (χ3n) is 7.99. The van der Waals surface area contributed by atoms with Crippen LogP contribution in [0.15, 0.2) is 63.9 Å². The van der Waals surface area contributed by atoms with Crippen molar-refractivity contribution < 1.29 is 52.4 Å². The number of ether oxygens (including phenoxy) is 4. The highest BCUT2D eigenvalue weighted by atomic mass is 16.8. The molecule has 0 saturated heterocycles. The molecule has 0 aliphatic carbocycles. The van der Waals surface area contributed by atoms with Crippen molar-refractivity contribution >= 4 is 17.8 Å². The highest BCUT2D eigenvalue weighted by Gasteiger charge is 2.38. The average molecular weight is 717 g/mol. The van der Waals surface area contributed by atoms with Crippen LogP contribution in [0.5, 0.6) is 11.8 Å². The molecule has 0 unspecified atom stereocenters. The van der Waals surface area contributed by atoms with E-state index in [0.29, 0.717) is 6.42 Å². The van der Waals surface area contributed by atoms with Crippen LogP contribution in [-0.2, 0) is 43.2 Å². The number of hydrogen-bond acceptors (Lipinski definition) is 16. The number of nitrogens with zero attached hydrogens (tertiary/aromatic N) is 7. The minimum Gasteiger partial charge on any atom is -0.461 e. The zero-order valence-corrected chi connectivity index (χ0v) is 27.7. The maximum Gasteiger partial charge on any atom is 0.413 e. The van der Waals surface area contributed by atoms with E-state index in [2.05, 4.69) is 24.9 Å². The fourth-order valence-corrected chi connectivity index (χ4v) is 5.41. The van der Waals surface area contributed by atoms with Crippen molar-refractivity contribution in [2.75, 3.05) is 26.4 Å². The van der Waals surface area contributed by atoms with Crippen molar-refractivity contribution in [2.24, 2.45) is 0 Å². The van der Waals surface area contributed by atoms with Crippen LogP contribution in [0, 0.1) is 33.1 Å². The monoisotopic (exact) mass is 716 g/mol. The Morgan fingerprint density at radius 1 is 0.904 bits per heavy atom. The van der Waals surface area contributed by atoms with Crippen LogP contribution in [0.25, 0.3) is 0 Å². The first-order valence-electron chi connectivity index (χ1n) is 16.0. The molecule has 270 valence electrons. The summed E-state index contributed by atoms with van der Waals surface area (Å²) in [5.41, 5.74) is 1.66. The van der Waals surface area contributed by atoms with E-state index >= 15 is 0 Å². The Bertz CT molecular complexity index is 1950. The normalized spacial score (nSPS) is 14.6. The van der Waals surface area contributed by atoms with Crippen LogP contribution in [0.3, 0.4) is 0 Å². The molecular weight excluding hydrogens is 684 g/mol. The quantitative estimate of drug-likeness (QED) is 0.0919. The predicted molar refractivity (Wildman–Crippen MR) is 169 cm³/mol. The molecule has 5 rings (SSSR count). The second kappa shape index (κ2) is 17.3. The number of rotatable bonds is 16. The lowest BCUT2D eigenvalue weighted by molar-refractivity contribution is -0.804. The van der Waals surface area contributed by atoms with E-state index in [0.717, 1.165) is 16.7 Å². The second-order valence-electron chi connectivity index (χ2n) is 11.3. The molecule has 52 heavy (non-hydrogen) atoms. The Morgan fingerprint density at radius 2 is 1.48 bits per heavy atom. The molecule has 3 atom stereocenters. The molecule has 3 heterocycles. The highest BCUT2D eigenvalue weighted by Crippen LogP contribution is 2.25. The minimum atomic E-state index is -1.02. The van der Waals surface area contributed by atoms with Crippen molar-refractivity contribution in [3.05, 3.63) is 93.1 Å². The van der Waals surface area contributed by atoms with Crippen LogP contribution in [0.4, 0.5) is 0 Å². The number of aromatic nitrogens is 4. The third-order valence-corrected chi connectivity index (χ3v) is 7.99. The van der Waals surface area contributed by atoms with Gasteiger partial charge in [-0.25, -0.2) is 4.79 Å². The maximum atomic E-state index is 14.0. The first-order valence-corrected chi connectivity index (χ1v) is 16.0. The van der Waals surface area contributed by atoms with E-state index in [9.17, 15) is 24.8 Å². The Balaban J connectivity index is 1.23. The SMILES string of the molecule is C[C@H](N[C@@H](CCc1ccccc1)C(=O)OCCOc1no[n+]([O-])c1C#N)C(=O)N1Cc2ccccc2C[C@H]1C(=O)OCCOc1no[n+]([O-])c1C#N. The van der Waals surface area contributed by atoms with Gasteiger partial charge in [0.05, 0.1) is 16.4 Å². The summed E-state index contributed by atoms with van der Waals surface area (Å²) in [5, 5.41) is 50.7. The van der Waals surface area contributed by atoms with E-state index in [1.165, 1.54) is 4.90 Å². The zero-order valence-electron chi connectivity index (χ0n) is 27.7. The van der Waals surface area contributed by atoms with Crippen LogP contribution in [0.1, 0.15) is 41.4 Å². The van der Waals surface area contributed by atoms with Crippen LogP contribution in [0.2, 0.25) is 0 Å². The van der Waals surface area contributed by atoms with E-state index in [4.69, 9.17) is 29.5 Å². The standard InChI is InChI=1S/C33H32N8O11/c1-21(36-25(12-11-22-7-3-2-4-8-22)32(43)49-15-13-47-29-27(18-34)40(45)51-37-29)31(42)39-20-24-10-6-5-9-23(24)17-26(39)33(44)50-16-14-48-30-28(19-35)41(46)52-38-30/h2-10,21,25-26,36H,11-17,20H2,1H3/t21-,25-,26-/m0/s1. The number of esters is 2. The molecule has 0 saturated carbocycles. The molecule has 1 N–H and O–H groups in total. The number of benzene rings is 2. The van der Waals surface area contributed by atoms with Crippen molar-refractivity contribution in [3.8, 4) is 23.9 Å². The summed E-state index contributed by atoms with van der Waals surface area (Å²) in [6.07, 6.45) is 0.877. The number of hydrogen-bond donors (Lipinski definition) is 1. The van der Waals surface area contributed by atoms with E-state index in [-0.39, 0.29) is 67.4 Å². The van der Waals surface area contributed by atoms with Crippen molar-refractivity contribution in [3.63, 3.8) is 0 Å². The highest BCUT2D eigenvalue weighted by molar-refractivity contribution is 5.89. The summed E-state index contributed by atoms with van der Waals surface area (Å²) in [7, 11) is 0. The lowest BCUT2D eigenvalue weighted by Gasteiger charge is -2.37. The van der Waals surface area contributed by atoms with Crippen molar-refractivity contribution in [2.45, 2.75) is 50.9 Å². The summed E-state index contributed by atoms with van der Waals surface area (Å²) >= 11 is 0. The molecule has 0 fully saturated rings. The smallest absolute Gasteiger partial charge is 0.413 e. The number of carbonyl (C=O) groups is 3. The number of aryl methyl sites for hydroxylation is 1. The van der Waals surface area contributed by atoms with E-state index in [1.54, 1.807) is 19.1 Å². The molecule has 1 amide bonds. The Hall–Kier alpha value is -6.73. The molecule has 2 aromatic carbocycles. The molecule has 19 nitrogen and oxygen atoms in total. The second-order valence-corrected chi connectivity index (χ2v) is 11.3. The zero-order chi connectivity index (χ0) is 37.0. The number of amides is 1. The molecule has 0 radical (unpaired) electrons. The summed E-state index contributed by atoms with van der Waals surface area (Å²) in [6.45, 7) is 0.613. The molecule has 4 aromatic rings. The summed E-state index contributed by atoms with van der Waals surface area (Å²) in [6, 6.07) is 17.0. The first-order chi connectivity index (χ1) is 25.2. The van der Waals surface area contributed by atoms with Gasteiger partial charge in [0.15, 0.2) is 12.1 Å². The largest absolute Gasteiger partial charge is 0.461 e. The number of nitrogens with one attached hydrogen (secondary N) is 1. The van der Waals surface area contributed by atoms with Crippen molar-refractivity contribution in [1.82, 2.24) is 20.5 Å². The van der Waals surface area contributed by atoms with Gasteiger partial charge in [0.25, 0.3) is 0 Å². The lowest BCUT2D eigenvalue weighted by Crippen LogP contribution is -2.56. The molecule has 0 bridgehead atoms. The van der Waals surface area contributed by atoms with Gasteiger partial charge in [-0.15, -0.1) is 0 Å². The third kappa shape index (κ3) is 8.89. The van der Waals surface area contributed by atoms with Gasteiger partial charge in [-0.3, -0.25) is 24.2 Å². The molecule has 2 aromatic heterocycles. The first kappa shape index (κ1) is 36.5. The topological polar surface area (TPSA) is 257 Å². The molecule has 0 spiro atoms. The maximum absolute atomic E-state index is 14.0. The summed E-state index contributed by atoms with van der Waals surface area (Å²) < 4.78 is 30.0. The number of fused-ring (bicyclic) bond motifs is 1. The molecule has 1 aliphatic heterocycles. The Labute approximate surface area is 295 Å². The number of nitriles is 2. The van der Waals surface area contributed by atoms with Gasteiger partial charge in [0.2, 0.25) is 5.91 Å².